The second-order valence-electron chi connectivity index (χ2n) is 6.71. The van der Waals surface area contributed by atoms with E-state index in [-0.39, 0.29) is 11.1 Å². The summed E-state index contributed by atoms with van der Waals surface area (Å²) in [4.78, 5) is 11.8. The summed E-state index contributed by atoms with van der Waals surface area (Å²) in [6.07, 6.45) is 0. The number of hydrogen-bond acceptors (Lipinski definition) is 4. The minimum absolute atomic E-state index is 0.0421. The smallest absolute Gasteiger partial charge is 0.356 e. The monoisotopic (exact) mass is 376 g/mol. The number of carbonyl (C=O) groups is 1. The third-order valence-corrected chi connectivity index (χ3v) is 8.90. The number of esters is 1. The van der Waals surface area contributed by atoms with Crippen LogP contribution >= 0.6 is 15.9 Å². The number of nitrogens with zero attached hydrogens (tertiary/aromatic N) is 2. The van der Waals surface area contributed by atoms with Crippen molar-refractivity contribution >= 4 is 30.2 Å². The second kappa shape index (κ2) is 6.62. The standard InChI is InChI=1S/C14H25BrN2O3Si/c1-10(9-20-21(6,7)14(2,3)4)17-11(13(18)19-5)8-12(15)16-17/h8,10H,9H2,1-7H3/t10-/m0/s1. The molecule has 0 N–H and O–H groups in total. The zero-order chi connectivity index (χ0) is 16.4. The second-order valence-corrected chi connectivity index (χ2v) is 12.3. The lowest BCUT2D eigenvalue weighted by Crippen LogP contribution is -2.42. The van der Waals surface area contributed by atoms with Gasteiger partial charge in [0.15, 0.2) is 8.32 Å². The van der Waals surface area contributed by atoms with E-state index in [0.29, 0.717) is 16.9 Å². The van der Waals surface area contributed by atoms with Crippen LogP contribution in [0.3, 0.4) is 0 Å². The summed E-state index contributed by atoms with van der Waals surface area (Å²) in [6, 6.07) is 1.62. The van der Waals surface area contributed by atoms with Gasteiger partial charge in [-0.2, -0.15) is 5.10 Å². The molecule has 0 aliphatic carbocycles. The highest BCUT2D eigenvalue weighted by atomic mass is 79.9. The summed E-state index contributed by atoms with van der Waals surface area (Å²) in [5, 5.41) is 4.47. The third kappa shape index (κ3) is 4.40. The molecule has 0 aromatic carbocycles. The Hall–Kier alpha value is -0.663. The van der Waals surface area contributed by atoms with Gasteiger partial charge < -0.3 is 9.16 Å². The summed E-state index contributed by atoms with van der Waals surface area (Å²) in [5.74, 6) is -0.396. The summed E-state index contributed by atoms with van der Waals surface area (Å²) < 4.78 is 13.3. The van der Waals surface area contributed by atoms with E-state index in [1.807, 2.05) is 6.92 Å². The van der Waals surface area contributed by atoms with Gasteiger partial charge in [-0.1, -0.05) is 20.8 Å². The highest BCUT2D eigenvalue weighted by Crippen LogP contribution is 2.37. The fraction of sp³-hybridized carbons (Fsp3) is 0.714. The van der Waals surface area contributed by atoms with Gasteiger partial charge in [-0.05, 0) is 41.0 Å². The number of methoxy groups -OCH3 is 1. The Bertz CT molecular complexity index is 509. The fourth-order valence-electron chi connectivity index (χ4n) is 1.57. The maximum Gasteiger partial charge on any atom is 0.356 e. The molecule has 1 heterocycles. The van der Waals surface area contributed by atoms with Gasteiger partial charge in [-0.25, -0.2) is 4.79 Å². The van der Waals surface area contributed by atoms with E-state index in [4.69, 9.17) is 9.16 Å². The Morgan fingerprint density at radius 1 is 1.48 bits per heavy atom. The van der Waals surface area contributed by atoms with Crippen LogP contribution in [0.5, 0.6) is 0 Å². The minimum atomic E-state index is -1.82. The van der Waals surface area contributed by atoms with E-state index < -0.39 is 14.3 Å². The number of halogens is 1. The molecule has 0 bridgehead atoms. The van der Waals surface area contributed by atoms with Crippen LogP contribution in [0.2, 0.25) is 18.1 Å². The molecule has 0 aliphatic rings. The molecule has 120 valence electrons. The Kier molecular flexibility index (Phi) is 5.80. The largest absolute Gasteiger partial charge is 0.464 e. The van der Waals surface area contributed by atoms with Crippen molar-refractivity contribution in [2.45, 2.75) is 51.9 Å². The molecule has 1 rings (SSSR count). The van der Waals surface area contributed by atoms with Crippen LogP contribution in [0.15, 0.2) is 10.7 Å². The van der Waals surface area contributed by atoms with E-state index in [9.17, 15) is 4.79 Å². The first kappa shape index (κ1) is 18.4. The van der Waals surface area contributed by atoms with Crippen molar-refractivity contribution in [3.63, 3.8) is 0 Å². The molecule has 5 nitrogen and oxygen atoms in total. The van der Waals surface area contributed by atoms with Gasteiger partial charge >= 0.3 is 5.97 Å². The van der Waals surface area contributed by atoms with Crippen LogP contribution in [0, 0.1) is 0 Å². The van der Waals surface area contributed by atoms with Crippen LogP contribution in [-0.2, 0) is 9.16 Å². The fourth-order valence-corrected chi connectivity index (χ4v) is 3.05. The summed E-state index contributed by atoms with van der Waals surface area (Å²) in [6.45, 7) is 13.5. The van der Waals surface area contributed by atoms with Gasteiger partial charge in [-0.3, -0.25) is 4.68 Å². The molecule has 0 amide bonds. The molecule has 0 saturated carbocycles. The average molecular weight is 377 g/mol. The van der Waals surface area contributed by atoms with Crippen molar-refractivity contribution in [1.82, 2.24) is 9.78 Å². The van der Waals surface area contributed by atoms with Crippen molar-refractivity contribution < 1.29 is 14.0 Å². The van der Waals surface area contributed by atoms with Gasteiger partial charge in [0.1, 0.15) is 10.3 Å². The number of rotatable bonds is 5. The van der Waals surface area contributed by atoms with Crippen LogP contribution in [0.1, 0.15) is 44.2 Å². The highest BCUT2D eigenvalue weighted by molar-refractivity contribution is 9.10. The molecule has 0 spiro atoms. The van der Waals surface area contributed by atoms with Crippen LogP contribution in [-0.4, -0.2) is 37.8 Å². The molecular weight excluding hydrogens is 352 g/mol. The molecule has 1 atom stereocenters. The molecule has 0 radical (unpaired) electrons. The van der Waals surface area contributed by atoms with Crippen molar-refractivity contribution in [2.75, 3.05) is 13.7 Å². The van der Waals surface area contributed by atoms with E-state index >= 15 is 0 Å². The van der Waals surface area contributed by atoms with Crippen LogP contribution in [0.4, 0.5) is 0 Å². The SMILES string of the molecule is COC(=O)c1cc(Br)nn1[C@@H](C)CO[Si](C)(C)C(C)(C)C. The van der Waals surface area contributed by atoms with Gasteiger partial charge in [-0.15, -0.1) is 0 Å². The molecule has 7 heteroatoms. The minimum Gasteiger partial charge on any atom is -0.464 e. The maximum atomic E-state index is 11.8. The maximum absolute atomic E-state index is 11.8. The molecule has 1 aromatic rings. The lowest BCUT2D eigenvalue weighted by Gasteiger charge is -2.37. The molecular formula is C14H25BrN2O3Si. The quantitative estimate of drug-likeness (QED) is 0.575. The van der Waals surface area contributed by atoms with Crippen molar-refractivity contribution in [3.05, 3.63) is 16.4 Å². The topological polar surface area (TPSA) is 53.3 Å². The Morgan fingerprint density at radius 3 is 2.52 bits per heavy atom. The van der Waals surface area contributed by atoms with E-state index in [2.05, 4.69) is 54.9 Å². The van der Waals surface area contributed by atoms with Gasteiger partial charge in [0.25, 0.3) is 0 Å². The molecule has 0 aliphatic heterocycles. The van der Waals surface area contributed by atoms with Crippen molar-refractivity contribution in [2.24, 2.45) is 0 Å². The Morgan fingerprint density at radius 2 is 2.05 bits per heavy atom. The Balaban J connectivity index is 2.86. The molecule has 1 aromatic heterocycles. The molecule has 0 unspecified atom stereocenters. The number of carbonyl (C=O) groups excluding carboxylic acids is 1. The number of aromatic nitrogens is 2. The normalized spacial score (nSPS) is 14.1. The predicted octanol–water partition coefficient (Wildman–Crippen LogP) is 4.02. The zero-order valence-electron chi connectivity index (χ0n) is 13.9. The van der Waals surface area contributed by atoms with E-state index in [1.165, 1.54) is 7.11 Å². The number of hydrogen-bond donors (Lipinski definition) is 0. The lowest BCUT2D eigenvalue weighted by atomic mass is 10.2. The number of ether oxygens (including phenoxy) is 1. The summed E-state index contributed by atoms with van der Waals surface area (Å²) in [5.41, 5.74) is 0.427. The molecule has 21 heavy (non-hydrogen) atoms. The third-order valence-electron chi connectivity index (χ3n) is 4.01. The van der Waals surface area contributed by atoms with E-state index in [0.717, 1.165) is 0 Å². The van der Waals surface area contributed by atoms with Gasteiger partial charge in [0, 0.05) is 6.07 Å². The summed E-state index contributed by atoms with van der Waals surface area (Å²) >= 11 is 3.30. The van der Waals surface area contributed by atoms with Crippen LogP contribution < -0.4 is 0 Å². The zero-order valence-corrected chi connectivity index (χ0v) is 16.4. The first-order valence-electron chi connectivity index (χ1n) is 6.97. The van der Waals surface area contributed by atoms with Crippen molar-refractivity contribution in [3.8, 4) is 0 Å². The molecule has 0 fully saturated rings. The Labute approximate surface area is 136 Å². The lowest BCUT2D eigenvalue weighted by molar-refractivity contribution is 0.0581. The van der Waals surface area contributed by atoms with Gasteiger partial charge in [0.05, 0.1) is 19.8 Å². The van der Waals surface area contributed by atoms with Gasteiger partial charge in [0.2, 0.25) is 0 Å². The highest BCUT2D eigenvalue weighted by Gasteiger charge is 2.37. The van der Waals surface area contributed by atoms with Crippen molar-refractivity contribution in [1.29, 1.82) is 0 Å². The predicted molar refractivity (Wildman–Crippen MR) is 89.1 cm³/mol. The van der Waals surface area contributed by atoms with Crippen LogP contribution in [0.25, 0.3) is 0 Å². The first-order valence-corrected chi connectivity index (χ1v) is 10.7. The summed E-state index contributed by atoms with van der Waals surface area (Å²) in [7, 11) is -0.450. The average Bonchev–Trinajstić information content (AvgIpc) is 2.76. The first-order chi connectivity index (χ1) is 9.49. The molecule has 0 saturated heterocycles. The van der Waals surface area contributed by atoms with E-state index in [1.54, 1.807) is 10.7 Å².